The van der Waals surface area contributed by atoms with Crippen molar-refractivity contribution in [1.29, 1.82) is 5.26 Å². The van der Waals surface area contributed by atoms with E-state index in [2.05, 4.69) is 16.4 Å². The zero-order valence-electron chi connectivity index (χ0n) is 15.1. The summed E-state index contributed by atoms with van der Waals surface area (Å²) in [5, 5.41) is 11.9. The number of benzene rings is 1. The van der Waals surface area contributed by atoms with Crippen molar-refractivity contribution in [1.82, 2.24) is 4.98 Å². The van der Waals surface area contributed by atoms with Crippen LogP contribution in [0.2, 0.25) is 0 Å². The number of hydrogen-bond donors (Lipinski definition) is 2. The Morgan fingerprint density at radius 3 is 2.85 bits per heavy atom. The van der Waals surface area contributed by atoms with Gasteiger partial charge in [0.1, 0.15) is 17.6 Å². The smallest absolute Gasteiger partial charge is 0.241 e. The van der Waals surface area contributed by atoms with Crippen LogP contribution in [0, 0.1) is 17.2 Å². The minimum absolute atomic E-state index is 0.252. The molecule has 1 fully saturated rings. The number of ether oxygens (including phenoxy) is 2. The minimum Gasteiger partial charge on any atom is -0.492 e. The van der Waals surface area contributed by atoms with Gasteiger partial charge in [0.25, 0.3) is 0 Å². The van der Waals surface area contributed by atoms with Crippen LogP contribution in [0.3, 0.4) is 0 Å². The van der Waals surface area contributed by atoms with Gasteiger partial charge < -0.3 is 20.5 Å². The predicted molar refractivity (Wildman–Crippen MR) is 101 cm³/mol. The van der Waals surface area contributed by atoms with Gasteiger partial charge >= 0.3 is 0 Å². The first kappa shape index (κ1) is 18.7. The summed E-state index contributed by atoms with van der Waals surface area (Å²) in [4.78, 5) is 16.0. The molecule has 1 aliphatic rings. The maximum absolute atomic E-state index is 11.8. The molecular weight excluding hydrogens is 344 g/mol. The van der Waals surface area contributed by atoms with Crippen LogP contribution in [-0.4, -0.2) is 23.5 Å². The normalized spacial score (nSPS) is 14.1. The Morgan fingerprint density at radius 2 is 2.22 bits per heavy atom. The van der Waals surface area contributed by atoms with Crippen LogP contribution in [0.4, 0.5) is 5.69 Å². The molecule has 0 unspecified atom stereocenters. The van der Waals surface area contributed by atoms with Gasteiger partial charge in [-0.1, -0.05) is 6.92 Å². The van der Waals surface area contributed by atoms with E-state index in [0.29, 0.717) is 47.6 Å². The molecule has 27 heavy (non-hydrogen) atoms. The van der Waals surface area contributed by atoms with Crippen LogP contribution in [0.1, 0.15) is 31.7 Å². The van der Waals surface area contributed by atoms with Crippen molar-refractivity contribution in [3.05, 3.63) is 42.1 Å². The summed E-state index contributed by atoms with van der Waals surface area (Å²) in [6.45, 7) is 2.46. The third-order valence-corrected chi connectivity index (χ3v) is 4.25. The summed E-state index contributed by atoms with van der Waals surface area (Å²) in [6, 6.07) is 9.97. The van der Waals surface area contributed by atoms with Crippen molar-refractivity contribution >= 4 is 11.6 Å². The average molecular weight is 366 g/mol. The second kappa shape index (κ2) is 8.52. The van der Waals surface area contributed by atoms with Crippen LogP contribution in [0.5, 0.6) is 17.4 Å². The monoisotopic (exact) mass is 366 g/mol. The number of pyridine rings is 1. The largest absolute Gasteiger partial charge is 0.492 e. The van der Waals surface area contributed by atoms with Crippen molar-refractivity contribution in [2.45, 2.75) is 32.2 Å². The Morgan fingerprint density at radius 1 is 1.41 bits per heavy atom. The Labute approximate surface area is 158 Å². The van der Waals surface area contributed by atoms with E-state index in [1.54, 1.807) is 30.3 Å². The molecule has 0 radical (unpaired) electrons. The van der Waals surface area contributed by atoms with Gasteiger partial charge in [-0.05, 0) is 43.4 Å². The second-order valence-electron chi connectivity index (χ2n) is 6.52. The summed E-state index contributed by atoms with van der Waals surface area (Å²) in [7, 11) is 0. The maximum Gasteiger partial charge on any atom is 0.241 e. The fraction of sp³-hybridized carbons (Fsp3) is 0.350. The number of nitrogens with one attached hydrogen (secondary N) is 1. The number of hydrogen-bond acceptors (Lipinski definition) is 6. The van der Waals surface area contributed by atoms with Gasteiger partial charge in [-0.25, -0.2) is 4.98 Å². The molecule has 1 saturated carbocycles. The van der Waals surface area contributed by atoms with Crippen LogP contribution >= 0.6 is 0 Å². The van der Waals surface area contributed by atoms with Crippen LogP contribution in [-0.2, 0) is 4.79 Å². The topological polar surface area (TPSA) is 110 Å². The first-order valence-electron chi connectivity index (χ1n) is 8.96. The Kier molecular flexibility index (Phi) is 5.89. The Hall–Kier alpha value is -3.11. The quantitative estimate of drug-likeness (QED) is 0.742. The zero-order chi connectivity index (χ0) is 19.2. The number of nitrogens with zero attached hydrogens (tertiary/aromatic N) is 2. The van der Waals surface area contributed by atoms with E-state index in [-0.39, 0.29) is 5.91 Å². The summed E-state index contributed by atoms with van der Waals surface area (Å²) in [5.74, 6) is 1.74. The van der Waals surface area contributed by atoms with E-state index in [1.165, 1.54) is 19.0 Å². The van der Waals surface area contributed by atoms with E-state index >= 15 is 0 Å². The van der Waals surface area contributed by atoms with Gasteiger partial charge in [-0.2, -0.15) is 5.26 Å². The van der Waals surface area contributed by atoms with Crippen molar-refractivity contribution in [3.63, 3.8) is 0 Å². The van der Waals surface area contributed by atoms with E-state index in [1.807, 2.05) is 6.92 Å². The number of amides is 1. The van der Waals surface area contributed by atoms with Gasteiger partial charge in [0.2, 0.25) is 11.8 Å². The fourth-order valence-electron chi connectivity index (χ4n) is 2.33. The lowest BCUT2D eigenvalue weighted by Gasteiger charge is -2.11. The minimum atomic E-state index is -0.548. The molecule has 1 aromatic heterocycles. The molecule has 3 rings (SSSR count). The molecule has 1 aromatic carbocycles. The maximum atomic E-state index is 11.8. The predicted octanol–water partition coefficient (Wildman–Crippen LogP) is 3.21. The molecule has 1 heterocycles. The number of aromatic nitrogens is 1. The molecule has 1 aliphatic carbocycles. The van der Waals surface area contributed by atoms with Crippen molar-refractivity contribution in [3.8, 4) is 23.4 Å². The standard InChI is InChI=1S/C20H22N4O3/c1-2-17(22)20(25)24-15-6-8-19(23-11-15)27-16-7-5-14(10-21)18(9-16)26-12-13-3-4-13/h5-9,11,13,17H,2-4,12,22H2,1H3,(H,24,25)/t17-/m1/s1. The summed E-state index contributed by atoms with van der Waals surface area (Å²) < 4.78 is 11.5. The van der Waals surface area contributed by atoms with Gasteiger partial charge in [0, 0.05) is 12.1 Å². The van der Waals surface area contributed by atoms with Gasteiger partial charge in [-0.15, -0.1) is 0 Å². The van der Waals surface area contributed by atoms with E-state index < -0.39 is 6.04 Å². The van der Waals surface area contributed by atoms with Gasteiger partial charge in [0.15, 0.2) is 0 Å². The molecule has 3 N–H and O–H groups in total. The van der Waals surface area contributed by atoms with Gasteiger partial charge in [0.05, 0.1) is 30.1 Å². The van der Waals surface area contributed by atoms with Crippen LogP contribution in [0.15, 0.2) is 36.5 Å². The summed E-state index contributed by atoms with van der Waals surface area (Å²) >= 11 is 0. The first-order chi connectivity index (χ1) is 13.1. The number of carbonyl (C=O) groups is 1. The third-order valence-electron chi connectivity index (χ3n) is 4.25. The fourth-order valence-corrected chi connectivity index (χ4v) is 2.33. The zero-order valence-corrected chi connectivity index (χ0v) is 15.1. The van der Waals surface area contributed by atoms with Gasteiger partial charge in [-0.3, -0.25) is 4.79 Å². The van der Waals surface area contributed by atoms with Crippen molar-refractivity contribution in [2.24, 2.45) is 11.7 Å². The average Bonchev–Trinajstić information content (AvgIpc) is 3.52. The lowest BCUT2D eigenvalue weighted by atomic mass is 10.2. The molecular formula is C20H22N4O3. The second-order valence-corrected chi connectivity index (χ2v) is 6.52. The van der Waals surface area contributed by atoms with Crippen LogP contribution < -0.4 is 20.5 Å². The highest BCUT2D eigenvalue weighted by Crippen LogP contribution is 2.32. The molecule has 1 atom stereocenters. The molecule has 0 saturated heterocycles. The molecule has 0 spiro atoms. The van der Waals surface area contributed by atoms with Crippen LogP contribution in [0.25, 0.3) is 0 Å². The molecule has 140 valence electrons. The summed E-state index contributed by atoms with van der Waals surface area (Å²) in [5.41, 5.74) is 6.71. The molecule has 7 heteroatoms. The molecule has 0 aliphatic heterocycles. The SMILES string of the molecule is CC[C@@H](N)C(=O)Nc1ccc(Oc2ccc(C#N)c(OCC3CC3)c2)nc1. The third kappa shape index (κ3) is 5.19. The number of nitriles is 1. The molecule has 7 nitrogen and oxygen atoms in total. The van der Waals surface area contributed by atoms with Crippen molar-refractivity contribution in [2.75, 3.05) is 11.9 Å². The lowest BCUT2D eigenvalue weighted by Crippen LogP contribution is -2.34. The molecule has 0 bridgehead atoms. The Bertz CT molecular complexity index is 841. The van der Waals surface area contributed by atoms with E-state index in [0.717, 1.165) is 0 Å². The molecule has 2 aromatic rings. The highest BCUT2D eigenvalue weighted by atomic mass is 16.5. The summed E-state index contributed by atoms with van der Waals surface area (Å²) in [6.07, 6.45) is 4.41. The van der Waals surface area contributed by atoms with E-state index in [9.17, 15) is 10.1 Å². The first-order valence-corrected chi connectivity index (χ1v) is 8.96. The number of rotatable bonds is 8. The number of nitrogens with two attached hydrogens (primary N) is 1. The molecule has 1 amide bonds. The highest BCUT2D eigenvalue weighted by Gasteiger charge is 2.22. The number of carbonyl (C=O) groups excluding carboxylic acids is 1. The lowest BCUT2D eigenvalue weighted by molar-refractivity contribution is -0.117. The van der Waals surface area contributed by atoms with Crippen molar-refractivity contribution < 1.29 is 14.3 Å². The Balaban J connectivity index is 1.65. The number of anilines is 1. The van der Waals surface area contributed by atoms with E-state index in [4.69, 9.17) is 15.2 Å². The highest BCUT2D eigenvalue weighted by molar-refractivity contribution is 5.94.